The second kappa shape index (κ2) is 13.3. The number of benzene rings is 3. The van der Waals surface area contributed by atoms with Crippen LogP contribution in [0.1, 0.15) is 19.4 Å². The van der Waals surface area contributed by atoms with Crippen LogP contribution in [0.2, 0.25) is 0 Å². The molecule has 3 aromatic rings. The van der Waals surface area contributed by atoms with Crippen molar-refractivity contribution in [3.05, 3.63) is 83.7 Å². The molecule has 0 saturated carbocycles. The van der Waals surface area contributed by atoms with E-state index in [0.29, 0.717) is 40.8 Å². The molecular formula is C28H26FN3O5. The number of nitrogens with zero attached hydrogens (tertiary/aromatic N) is 1. The molecule has 0 aliphatic carbocycles. The molecule has 2 N–H and O–H groups in total. The average molecular weight is 504 g/mol. The van der Waals surface area contributed by atoms with Crippen LogP contribution in [0.15, 0.2) is 72.3 Å². The van der Waals surface area contributed by atoms with Crippen molar-refractivity contribution in [3.8, 4) is 23.3 Å². The van der Waals surface area contributed by atoms with E-state index in [9.17, 15) is 19.2 Å². The summed E-state index contributed by atoms with van der Waals surface area (Å²) in [5, 5.41) is 14.7. The first-order valence-corrected chi connectivity index (χ1v) is 11.5. The lowest BCUT2D eigenvalue weighted by Crippen LogP contribution is -2.13. The van der Waals surface area contributed by atoms with E-state index in [1.165, 1.54) is 37.3 Å². The molecule has 37 heavy (non-hydrogen) atoms. The first-order valence-electron chi connectivity index (χ1n) is 11.5. The number of carbonyl (C=O) groups is 2. The van der Waals surface area contributed by atoms with Crippen molar-refractivity contribution in [1.82, 2.24) is 0 Å². The Labute approximate surface area is 214 Å². The fraction of sp³-hybridized carbons (Fsp3) is 0.179. The molecule has 0 bridgehead atoms. The van der Waals surface area contributed by atoms with E-state index in [0.717, 1.165) is 0 Å². The maximum absolute atomic E-state index is 13.1. The topological polar surface area (TPSA) is 110 Å². The standard InChI is InChI=1S/C28H26FN3O5/c1-3-35-27-17-20(16-21(18-30)28(34)32-24-7-5-22(29)6-8-24)4-13-26(27)37-15-14-36-25-11-9-23(10-12-25)31-19(2)33/h4-13,16-17H,3,14-15H2,1-2H3,(H,31,33)(H,32,34)/b21-16+. The zero-order valence-corrected chi connectivity index (χ0v) is 20.4. The Balaban J connectivity index is 1.61. The van der Waals surface area contributed by atoms with Crippen LogP contribution in [0.3, 0.4) is 0 Å². The number of anilines is 2. The summed E-state index contributed by atoms with van der Waals surface area (Å²) in [6.45, 7) is 4.17. The fourth-order valence-electron chi connectivity index (χ4n) is 3.20. The number of amides is 2. The summed E-state index contributed by atoms with van der Waals surface area (Å²) in [4.78, 5) is 23.6. The van der Waals surface area contributed by atoms with Crippen molar-refractivity contribution in [2.45, 2.75) is 13.8 Å². The van der Waals surface area contributed by atoms with Gasteiger partial charge in [0.1, 0.15) is 36.4 Å². The molecule has 190 valence electrons. The van der Waals surface area contributed by atoms with Gasteiger partial charge in [0.05, 0.1) is 6.61 Å². The zero-order valence-electron chi connectivity index (χ0n) is 20.4. The normalized spacial score (nSPS) is 10.7. The lowest BCUT2D eigenvalue weighted by atomic mass is 10.1. The van der Waals surface area contributed by atoms with E-state index in [-0.39, 0.29) is 24.7 Å². The third kappa shape index (κ3) is 8.40. The van der Waals surface area contributed by atoms with Crippen LogP contribution in [0.25, 0.3) is 6.08 Å². The highest BCUT2D eigenvalue weighted by molar-refractivity contribution is 6.09. The second-order valence-electron chi connectivity index (χ2n) is 7.67. The highest BCUT2D eigenvalue weighted by Gasteiger charge is 2.12. The van der Waals surface area contributed by atoms with Gasteiger partial charge < -0.3 is 24.8 Å². The van der Waals surface area contributed by atoms with Gasteiger partial charge in [-0.3, -0.25) is 9.59 Å². The molecule has 0 fully saturated rings. The van der Waals surface area contributed by atoms with E-state index in [2.05, 4.69) is 10.6 Å². The van der Waals surface area contributed by atoms with Gasteiger partial charge >= 0.3 is 0 Å². The Hall–Kier alpha value is -4.84. The molecule has 0 radical (unpaired) electrons. The van der Waals surface area contributed by atoms with Gasteiger partial charge in [-0.25, -0.2) is 4.39 Å². The molecule has 3 aromatic carbocycles. The molecule has 2 amide bonds. The van der Waals surface area contributed by atoms with Crippen LogP contribution in [-0.4, -0.2) is 31.6 Å². The van der Waals surface area contributed by atoms with Gasteiger partial charge in [-0.2, -0.15) is 5.26 Å². The number of ether oxygens (including phenoxy) is 3. The van der Waals surface area contributed by atoms with E-state index >= 15 is 0 Å². The minimum Gasteiger partial charge on any atom is -0.490 e. The van der Waals surface area contributed by atoms with Gasteiger partial charge in [0.15, 0.2) is 11.5 Å². The summed E-state index contributed by atoms with van der Waals surface area (Å²) in [5.74, 6) is 0.375. The quantitative estimate of drug-likeness (QED) is 0.212. The number of carbonyl (C=O) groups excluding carboxylic acids is 2. The van der Waals surface area contributed by atoms with Crippen molar-refractivity contribution >= 4 is 29.3 Å². The van der Waals surface area contributed by atoms with E-state index < -0.39 is 11.7 Å². The van der Waals surface area contributed by atoms with Crippen LogP contribution in [0.5, 0.6) is 17.2 Å². The SMILES string of the molecule is CCOc1cc(/C=C(\C#N)C(=O)Nc2ccc(F)cc2)ccc1OCCOc1ccc(NC(C)=O)cc1. The molecule has 0 atom stereocenters. The number of nitriles is 1. The molecular weight excluding hydrogens is 477 g/mol. The summed E-state index contributed by atoms with van der Waals surface area (Å²) >= 11 is 0. The molecule has 0 spiro atoms. The van der Waals surface area contributed by atoms with Crippen LogP contribution in [0, 0.1) is 17.1 Å². The first-order chi connectivity index (χ1) is 17.9. The minimum atomic E-state index is -0.616. The monoisotopic (exact) mass is 503 g/mol. The highest BCUT2D eigenvalue weighted by atomic mass is 19.1. The summed E-state index contributed by atoms with van der Waals surface area (Å²) in [6.07, 6.45) is 1.43. The molecule has 0 aliphatic heterocycles. The van der Waals surface area contributed by atoms with Gasteiger partial charge in [0, 0.05) is 18.3 Å². The Kier molecular flexibility index (Phi) is 9.62. The highest BCUT2D eigenvalue weighted by Crippen LogP contribution is 2.29. The summed E-state index contributed by atoms with van der Waals surface area (Å²) in [7, 11) is 0. The molecule has 0 saturated heterocycles. The lowest BCUT2D eigenvalue weighted by molar-refractivity contribution is -0.114. The lowest BCUT2D eigenvalue weighted by Gasteiger charge is -2.13. The number of halogens is 1. The van der Waals surface area contributed by atoms with Crippen LogP contribution >= 0.6 is 0 Å². The smallest absolute Gasteiger partial charge is 0.266 e. The first kappa shape index (κ1) is 26.8. The maximum Gasteiger partial charge on any atom is 0.266 e. The van der Waals surface area contributed by atoms with Crippen LogP contribution in [-0.2, 0) is 9.59 Å². The summed E-state index contributed by atoms with van der Waals surface area (Å²) in [5.41, 5.74) is 1.49. The Morgan fingerprint density at radius 1 is 0.892 bits per heavy atom. The Morgan fingerprint density at radius 2 is 1.54 bits per heavy atom. The van der Waals surface area contributed by atoms with Crippen molar-refractivity contribution in [2.24, 2.45) is 0 Å². The van der Waals surface area contributed by atoms with Crippen molar-refractivity contribution in [2.75, 3.05) is 30.5 Å². The van der Waals surface area contributed by atoms with E-state index in [4.69, 9.17) is 14.2 Å². The molecule has 0 unspecified atom stereocenters. The van der Waals surface area contributed by atoms with Crippen molar-refractivity contribution in [3.63, 3.8) is 0 Å². The summed E-state index contributed by atoms with van der Waals surface area (Å²) in [6, 6.07) is 19.2. The van der Waals surface area contributed by atoms with Crippen molar-refractivity contribution < 1.29 is 28.2 Å². The predicted molar refractivity (Wildman–Crippen MR) is 138 cm³/mol. The van der Waals surface area contributed by atoms with Gasteiger partial charge in [-0.15, -0.1) is 0 Å². The van der Waals surface area contributed by atoms with Gasteiger partial charge in [-0.1, -0.05) is 6.07 Å². The molecule has 0 heterocycles. The van der Waals surface area contributed by atoms with E-state index in [1.807, 2.05) is 13.0 Å². The van der Waals surface area contributed by atoms with E-state index in [1.54, 1.807) is 42.5 Å². The Bertz CT molecular complexity index is 1300. The molecule has 8 nitrogen and oxygen atoms in total. The Morgan fingerprint density at radius 3 is 2.19 bits per heavy atom. The predicted octanol–water partition coefficient (Wildman–Crippen LogP) is 5.19. The molecule has 3 rings (SSSR count). The molecule has 9 heteroatoms. The minimum absolute atomic E-state index is 0.127. The molecule has 0 aliphatic rings. The van der Waals surface area contributed by atoms with Gasteiger partial charge in [-0.05, 0) is 79.2 Å². The third-order valence-electron chi connectivity index (χ3n) is 4.83. The van der Waals surface area contributed by atoms with Crippen LogP contribution in [0.4, 0.5) is 15.8 Å². The summed E-state index contributed by atoms with van der Waals surface area (Å²) < 4.78 is 30.2. The molecule has 0 aromatic heterocycles. The number of rotatable bonds is 11. The number of hydrogen-bond donors (Lipinski definition) is 2. The van der Waals surface area contributed by atoms with Crippen molar-refractivity contribution in [1.29, 1.82) is 5.26 Å². The fourth-order valence-corrected chi connectivity index (χ4v) is 3.20. The number of hydrogen-bond acceptors (Lipinski definition) is 6. The van der Waals surface area contributed by atoms with Gasteiger partial charge in [0.2, 0.25) is 5.91 Å². The zero-order chi connectivity index (χ0) is 26.6. The third-order valence-corrected chi connectivity index (χ3v) is 4.83. The second-order valence-corrected chi connectivity index (χ2v) is 7.67. The number of nitrogens with one attached hydrogen (secondary N) is 2. The average Bonchev–Trinajstić information content (AvgIpc) is 2.88. The largest absolute Gasteiger partial charge is 0.490 e. The van der Waals surface area contributed by atoms with Crippen LogP contribution < -0.4 is 24.8 Å². The maximum atomic E-state index is 13.1. The van der Waals surface area contributed by atoms with Gasteiger partial charge in [0.25, 0.3) is 5.91 Å².